The maximum absolute atomic E-state index is 11.6. The van der Waals surface area contributed by atoms with Crippen LogP contribution in [0.3, 0.4) is 0 Å². The van der Waals surface area contributed by atoms with Crippen LogP contribution < -0.4 is 0 Å². The standard InChI is InChI=1S/C10H15NO6/c1-6(12)15-4-7-9-8(16-5-17-9)3-11(7)10(13)14-2/h7-9H,3-5H2,1-2H3/t7-,8+,9-/m1/s1. The summed E-state index contributed by atoms with van der Waals surface area (Å²) in [6, 6.07) is -0.348. The highest BCUT2D eigenvalue weighted by atomic mass is 16.7. The van der Waals surface area contributed by atoms with Crippen LogP contribution in [-0.2, 0) is 23.7 Å². The van der Waals surface area contributed by atoms with E-state index in [1.165, 1.54) is 18.9 Å². The Balaban J connectivity index is 2.04. The number of fused-ring (bicyclic) bond motifs is 1. The smallest absolute Gasteiger partial charge is 0.410 e. The number of amides is 1. The van der Waals surface area contributed by atoms with E-state index in [9.17, 15) is 9.59 Å². The predicted octanol–water partition coefficient (Wildman–Crippen LogP) is -0.258. The highest BCUT2D eigenvalue weighted by Gasteiger charge is 2.49. The van der Waals surface area contributed by atoms with Crippen LogP contribution in [0.5, 0.6) is 0 Å². The summed E-state index contributed by atoms with van der Waals surface area (Å²) in [4.78, 5) is 23.8. The number of nitrogens with zero attached hydrogens (tertiary/aromatic N) is 1. The summed E-state index contributed by atoms with van der Waals surface area (Å²) < 4.78 is 20.3. The van der Waals surface area contributed by atoms with Gasteiger partial charge in [-0.15, -0.1) is 0 Å². The second-order valence-corrected chi connectivity index (χ2v) is 3.95. The van der Waals surface area contributed by atoms with Crippen molar-refractivity contribution >= 4 is 12.1 Å². The van der Waals surface area contributed by atoms with Crippen LogP contribution in [0.4, 0.5) is 4.79 Å². The van der Waals surface area contributed by atoms with Crippen molar-refractivity contribution in [3.63, 3.8) is 0 Å². The van der Waals surface area contributed by atoms with Gasteiger partial charge in [-0.1, -0.05) is 0 Å². The Morgan fingerprint density at radius 2 is 2.18 bits per heavy atom. The monoisotopic (exact) mass is 245 g/mol. The Kier molecular flexibility index (Phi) is 3.49. The predicted molar refractivity (Wildman–Crippen MR) is 54.1 cm³/mol. The lowest BCUT2D eigenvalue weighted by Crippen LogP contribution is -2.43. The number of carbonyl (C=O) groups excluding carboxylic acids is 2. The van der Waals surface area contributed by atoms with Crippen molar-refractivity contribution in [2.24, 2.45) is 0 Å². The zero-order valence-corrected chi connectivity index (χ0v) is 9.75. The maximum Gasteiger partial charge on any atom is 0.410 e. The molecule has 0 aromatic heterocycles. The summed E-state index contributed by atoms with van der Waals surface area (Å²) in [5.41, 5.74) is 0. The second-order valence-electron chi connectivity index (χ2n) is 3.95. The number of ether oxygens (including phenoxy) is 4. The number of likely N-dealkylation sites (tertiary alicyclic amines) is 1. The molecule has 7 nitrogen and oxygen atoms in total. The third-order valence-corrected chi connectivity index (χ3v) is 2.93. The highest BCUT2D eigenvalue weighted by molar-refractivity contribution is 5.69. The molecule has 17 heavy (non-hydrogen) atoms. The topological polar surface area (TPSA) is 74.3 Å². The van der Waals surface area contributed by atoms with Gasteiger partial charge in [-0.2, -0.15) is 0 Å². The average Bonchev–Trinajstić information content (AvgIpc) is 2.85. The highest BCUT2D eigenvalue weighted by Crippen LogP contribution is 2.29. The van der Waals surface area contributed by atoms with Gasteiger partial charge in [0.15, 0.2) is 0 Å². The van der Waals surface area contributed by atoms with Gasteiger partial charge in [0, 0.05) is 6.92 Å². The van der Waals surface area contributed by atoms with E-state index >= 15 is 0 Å². The molecule has 0 bridgehead atoms. The lowest BCUT2D eigenvalue weighted by atomic mass is 10.1. The van der Waals surface area contributed by atoms with Crippen molar-refractivity contribution < 1.29 is 28.5 Å². The number of methoxy groups -OCH3 is 1. The van der Waals surface area contributed by atoms with Crippen LogP contribution in [0, 0.1) is 0 Å². The van der Waals surface area contributed by atoms with Gasteiger partial charge < -0.3 is 18.9 Å². The number of hydrogen-bond acceptors (Lipinski definition) is 6. The molecule has 2 rings (SSSR count). The summed E-state index contributed by atoms with van der Waals surface area (Å²) >= 11 is 0. The Bertz CT molecular complexity index is 320. The molecule has 0 N–H and O–H groups in total. The normalized spacial score (nSPS) is 31.2. The first-order valence-electron chi connectivity index (χ1n) is 5.34. The maximum atomic E-state index is 11.6. The lowest BCUT2D eigenvalue weighted by molar-refractivity contribution is -0.143. The summed E-state index contributed by atoms with van der Waals surface area (Å²) in [5.74, 6) is -0.391. The number of carbonyl (C=O) groups is 2. The third kappa shape index (κ3) is 2.34. The Morgan fingerprint density at radius 1 is 1.41 bits per heavy atom. The van der Waals surface area contributed by atoms with Gasteiger partial charge in [0.05, 0.1) is 19.7 Å². The Hall–Kier alpha value is -1.34. The van der Waals surface area contributed by atoms with Gasteiger partial charge in [-0.3, -0.25) is 9.69 Å². The van der Waals surface area contributed by atoms with Gasteiger partial charge in [0.2, 0.25) is 0 Å². The van der Waals surface area contributed by atoms with Crippen molar-refractivity contribution in [2.75, 3.05) is 27.1 Å². The molecule has 3 atom stereocenters. The van der Waals surface area contributed by atoms with E-state index in [2.05, 4.69) is 4.74 Å². The molecule has 0 aromatic carbocycles. The molecule has 0 unspecified atom stereocenters. The van der Waals surface area contributed by atoms with Crippen LogP contribution in [0.2, 0.25) is 0 Å². The van der Waals surface area contributed by atoms with Crippen LogP contribution in [0.25, 0.3) is 0 Å². The quantitative estimate of drug-likeness (QED) is 0.624. The molecule has 0 saturated carbocycles. The van der Waals surface area contributed by atoms with Gasteiger partial charge in [0.1, 0.15) is 25.6 Å². The molecule has 0 aromatic rings. The number of rotatable bonds is 2. The SMILES string of the molecule is COC(=O)N1C[C@@H]2OCO[C@@H]2[C@H]1COC(C)=O. The summed E-state index contributed by atoms with van der Waals surface area (Å²) in [7, 11) is 1.31. The van der Waals surface area contributed by atoms with E-state index in [0.717, 1.165) is 0 Å². The van der Waals surface area contributed by atoms with Gasteiger partial charge >= 0.3 is 12.1 Å². The molecular weight excluding hydrogens is 230 g/mol. The van der Waals surface area contributed by atoms with Crippen LogP contribution in [0.15, 0.2) is 0 Å². The van der Waals surface area contributed by atoms with Crippen molar-refractivity contribution in [2.45, 2.75) is 25.2 Å². The van der Waals surface area contributed by atoms with Crippen molar-refractivity contribution in [1.82, 2.24) is 4.90 Å². The van der Waals surface area contributed by atoms with Crippen molar-refractivity contribution in [3.8, 4) is 0 Å². The zero-order chi connectivity index (χ0) is 12.4. The second kappa shape index (κ2) is 4.89. The summed E-state index contributed by atoms with van der Waals surface area (Å²) in [6.07, 6.45) is -0.896. The first kappa shape index (κ1) is 12.1. The zero-order valence-electron chi connectivity index (χ0n) is 9.75. The molecule has 2 saturated heterocycles. The summed E-state index contributed by atoms with van der Waals surface area (Å²) in [5, 5.41) is 0. The van der Waals surface area contributed by atoms with E-state index in [0.29, 0.717) is 6.54 Å². The Morgan fingerprint density at radius 3 is 2.82 bits per heavy atom. The Labute approximate surface area is 98.5 Å². The molecule has 0 radical (unpaired) electrons. The van der Waals surface area contributed by atoms with Crippen LogP contribution in [-0.4, -0.2) is 62.3 Å². The molecule has 2 aliphatic rings. The lowest BCUT2D eigenvalue weighted by Gasteiger charge is -2.25. The van der Waals surface area contributed by atoms with Crippen molar-refractivity contribution in [1.29, 1.82) is 0 Å². The minimum absolute atomic E-state index is 0.0922. The molecule has 0 aliphatic carbocycles. The first-order valence-corrected chi connectivity index (χ1v) is 5.34. The van der Waals surface area contributed by atoms with E-state index in [1.54, 1.807) is 0 Å². The summed E-state index contributed by atoms with van der Waals surface area (Å²) in [6.45, 7) is 2.01. The number of hydrogen-bond donors (Lipinski definition) is 0. The molecule has 1 amide bonds. The molecular formula is C10H15NO6. The van der Waals surface area contributed by atoms with Gasteiger partial charge in [-0.25, -0.2) is 4.79 Å². The minimum atomic E-state index is -0.469. The van der Waals surface area contributed by atoms with Gasteiger partial charge in [-0.05, 0) is 0 Å². The molecule has 7 heteroatoms. The largest absolute Gasteiger partial charge is 0.464 e. The third-order valence-electron chi connectivity index (χ3n) is 2.93. The fourth-order valence-corrected chi connectivity index (χ4v) is 2.14. The van der Waals surface area contributed by atoms with Crippen LogP contribution >= 0.6 is 0 Å². The van der Waals surface area contributed by atoms with E-state index < -0.39 is 12.1 Å². The van der Waals surface area contributed by atoms with Crippen LogP contribution in [0.1, 0.15) is 6.92 Å². The van der Waals surface area contributed by atoms with Crippen molar-refractivity contribution in [3.05, 3.63) is 0 Å². The van der Waals surface area contributed by atoms with E-state index in [4.69, 9.17) is 14.2 Å². The minimum Gasteiger partial charge on any atom is -0.464 e. The molecule has 96 valence electrons. The first-order chi connectivity index (χ1) is 8.13. The number of esters is 1. The van der Waals surface area contributed by atoms with E-state index in [-0.39, 0.29) is 31.6 Å². The molecule has 0 spiro atoms. The van der Waals surface area contributed by atoms with Gasteiger partial charge in [0.25, 0.3) is 0 Å². The molecule has 2 aliphatic heterocycles. The fourth-order valence-electron chi connectivity index (χ4n) is 2.14. The molecule has 2 fully saturated rings. The van der Waals surface area contributed by atoms with E-state index in [1.807, 2.05) is 0 Å². The molecule has 2 heterocycles. The fraction of sp³-hybridized carbons (Fsp3) is 0.800. The average molecular weight is 245 g/mol.